The molecule has 0 aliphatic heterocycles. The van der Waals surface area contributed by atoms with Crippen LogP contribution in [0.25, 0.3) is 0 Å². The number of ketones is 2. The highest BCUT2D eigenvalue weighted by Crippen LogP contribution is 2.03. The lowest BCUT2D eigenvalue weighted by molar-refractivity contribution is -0.122. The molecule has 4 heteroatoms. The quantitative estimate of drug-likeness (QED) is 0.396. The molecule has 0 heterocycles. The number of hydrogen-bond donors (Lipinski definition) is 1. The standard InChI is InChI=1S/C8H16O.C7H15NO.C7H14O.3CH4/c1-4-5-8(9)6-7(2)3;1-4-5-7(9)8-6(2)3;1-4-5-7(8)6(2)3;;;/h7H,4-6H2,1-3H3;6H,4-5H2,1-3H3,(H,8,9);6H,4-5H2,1-3H3;3*1H4. The van der Waals surface area contributed by atoms with E-state index in [0.717, 1.165) is 38.5 Å². The van der Waals surface area contributed by atoms with Crippen molar-refractivity contribution in [2.75, 3.05) is 0 Å². The van der Waals surface area contributed by atoms with Crippen molar-refractivity contribution in [3.8, 4) is 0 Å². The van der Waals surface area contributed by atoms with E-state index >= 15 is 0 Å². The summed E-state index contributed by atoms with van der Waals surface area (Å²) < 4.78 is 0. The molecule has 0 saturated carbocycles. The SMILES string of the molecule is C.C.C.CCCC(=O)C(C)C.CCCC(=O)CC(C)C.CCCC(=O)NC(C)C. The molecule has 0 unspecified atom stereocenters. The largest absolute Gasteiger partial charge is 0.354 e. The highest BCUT2D eigenvalue weighted by atomic mass is 16.1. The van der Waals surface area contributed by atoms with E-state index in [-0.39, 0.29) is 40.1 Å². The Hall–Kier alpha value is -1.19. The third-order valence-corrected chi connectivity index (χ3v) is 3.23. The second kappa shape index (κ2) is 29.0. The summed E-state index contributed by atoms with van der Waals surface area (Å²) in [6, 6.07) is 0.282. The van der Waals surface area contributed by atoms with Crippen molar-refractivity contribution in [2.45, 2.75) is 136 Å². The Balaban J connectivity index is -0.0000000652. The minimum Gasteiger partial charge on any atom is -0.354 e. The van der Waals surface area contributed by atoms with Crippen molar-refractivity contribution in [1.82, 2.24) is 5.32 Å². The van der Waals surface area contributed by atoms with Crippen molar-refractivity contribution in [3.05, 3.63) is 0 Å². The first-order valence-electron chi connectivity index (χ1n) is 10.3. The van der Waals surface area contributed by atoms with Crippen LogP contribution in [0.1, 0.15) is 130 Å². The normalized spacial score (nSPS) is 8.97. The molecule has 0 aliphatic carbocycles. The summed E-state index contributed by atoms with van der Waals surface area (Å²) >= 11 is 0. The van der Waals surface area contributed by atoms with Crippen LogP contribution < -0.4 is 5.32 Å². The van der Waals surface area contributed by atoms with E-state index in [1.165, 1.54) is 0 Å². The lowest BCUT2D eigenvalue weighted by atomic mass is 10.0. The van der Waals surface area contributed by atoms with Gasteiger partial charge in [0.2, 0.25) is 5.91 Å². The first-order chi connectivity index (χ1) is 12.0. The van der Waals surface area contributed by atoms with Gasteiger partial charge in [0.1, 0.15) is 11.6 Å². The van der Waals surface area contributed by atoms with Crippen LogP contribution in [-0.2, 0) is 14.4 Å². The number of rotatable bonds is 10. The molecule has 29 heavy (non-hydrogen) atoms. The van der Waals surface area contributed by atoms with Gasteiger partial charge in [0.25, 0.3) is 0 Å². The molecule has 0 atom stereocenters. The first kappa shape index (κ1) is 42.0. The van der Waals surface area contributed by atoms with Gasteiger partial charge in [-0.3, -0.25) is 14.4 Å². The summed E-state index contributed by atoms with van der Waals surface area (Å²) in [7, 11) is 0. The Morgan fingerprint density at radius 1 is 0.690 bits per heavy atom. The maximum atomic E-state index is 10.9. The summed E-state index contributed by atoms with van der Waals surface area (Å²) in [5.74, 6) is 1.71. The first-order valence-corrected chi connectivity index (χ1v) is 10.3. The van der Waals surface area contributed by atoms with Gasteiger partial charge in [-0.15, -0.1) is 0 Å². The van der Waals surface area contributed by atoms with Gasteiger partial charge in [0.05, 0.1) is 0 Å². The van der Waals surface area contributed by atoms with Gasteiger partial charge in [-0.25, -0.2) is 0 Å². The summed E-state index contributed by atoms with van der Waals surface area (Å²) in [6.07, 6.45) is 5.82. The molecule has 0 rings (SSSR count). The van der Waals surface area contributed by atoms with Crippen molar-refractivity contribution in [2.24, 2.45) is 11.8 Å². The number of amides is 1. The zero-order valence-corrected chi connectivity index (χ0v) is 18.9. The molecule has 4 nitrogen and oxygen atoms in total. The van der Waals surface area contributed by atoms with Crippen molar-refractivity contribution in [3.63, 3.8) is 0 Å². The lowest BCUT2D eigenvalue weighted by Gasteiger charge is -2.05. The van der Waals surface area contributed by atoms with Crippen LogP contribution in [-0.4, -0.2) is 23.5 Å². The van der Waals surface area contributed by atoms with Crippen molar-refractivity contribution in [1.29, 1.82) is 0 Å². The van der Waals surface area contributed by atoms with Crippen LogP contribution in [0.15, 0.2) is 0 Å². The van der Waals surface area contributed by atoms with Crippen LogP contribution >= 0.6 is 0 Å². The Morgan fingerprint density at radius 2 is 1.10 bits per heavy atom. The molecule has 0 aromatic heterocycles. The molecule has 0 aromatic rings. The van der Waals surface area contributed by atoms with Crippen molar-refractivity contribution >= 4 is 17.5 Å². The molecule has 180 valence electrons. The van der Waals surface area contributed by atoms with Gasteiger partial charge in [0, 0.05) is 37.6 Å². The molecule has 0 spiro atoms. The Labute approximate surface area is 185 Å². The van der Waals surface area contributed by atoms with Gasteiger partial charge in [-0.2, -0.15) is 0 Å². The second-order valence-corrected chi connectivity index (χ2v) is 7.73. The summed E-state index contributed by atoms with van der Waals surface area (Å²) in [5.41, 5.74) is 0. The van der Waals surface area contributed by atoms with E-state index in [1.807, 2.05) is 48.5 Å². The topological polar surface area (TPSA) is 63.2 Å². The van der Waals surface area contributed by atoms with Crippen LogP contribution in [0.4, 0.5) is 0 Å². The van der Waals surface area contributed by atoms with Crippen LogP contribution in [0.5, 0.6) is 0 Å². The van der Waals surface area contributed by atoms with E-state index in [9.17, 15) is 14.4 Å². The predicted molar refractivity (Wildman–Crippen MR) is 133 cm³/mol. The Morgan fingerprint density at radius 3 is 1.34 bits per heavy atom. The molecule has 0 bridgehead atoms. The molecular formula is C25H57NO3. The third-order valence-electron chi connectivity index (χ3n) is 3.23. The molecule has 0 aliphatic rings. The van der Waals surface area contributed by atoms with Crippen LogP contribution in [0.3, 0.4) is 0 Å². The van der Waals surface area contributed by atoms with E-state index < -0.39 is 0 Å². The Kier molecular flexibility index (Phi) is 42.0. The monoisotopic (exact) mass is 419 g/mol. The number of carbonyl (C=O) groups is 3. The third kappa shape index (κ3) is 42.1. The van der Waals surface area contributed by atoms with Crippen LogP contribution in [0, 0.1) is 11.8 Å². The highest BCUT2D eigenvalue weighted by Gasteiger charge is 2.03. The van der Waals surface area contributed by atoms with Crippen LogP contribution in [0.2, 0.25) is 0 Å². The highest BCUT2D eigenvalue weighted by molar-refractivity contribution is 5.80. The number of Topliss-reactive ketones (excluding diaryl/α,β-unsaturated/α-hetero) is 2. The summed E-state index contributed by atoms with van der Waals surface area (Å²) in [5, 5.41) is 2.80. The van der Waals surface area contributed by atoms with Gasteiger partial charge in [-0.1, -0.05) is 70.7 Å². The summed E-state index contributed by atoms with van der Waals surface area (Å²) in [4.78, 5) is 32.3. The van der Waals surface area contributed by atoms with Gasteiger partial charge < -0.3 is 5.32 Å². The minimum atomic E-state index is 0. The average Bonchev–Trinajstić information content (AvgIpc) is 2.47. The fourth-order valence-corrected chi connectivity index (χ4v) is 1.99. The molecule has 0 radical (unpaired) electrons. The zero-order chi connectivity index (χ0) is 21.1. The molecule has 1 amide bonds. The van der Waals surface area contributed by atoms with Gasteiger partial charge in [0.15, 0.2) is 0 Å². The van der Waals surface area contributed by atoms with E-state index in [0.29, 0.717) is 23.9 Å². The maximum Gasteiger partial charge on any atom is 0.220 e. The maximum absolute atomic E-state index is 10.9. The molecule has 0 aromatic carbocycles. The smallest absolute Gasteiger partial charge is 0.220 e. The number of carbonyl (C=O) groups excluding carboxylic acids is 3. The molecule has 0 saturated heterocycles. The molecular weight excluding hydrogens is 362 g/mol. The van der Waals surface area contributed by atoms with E-state index in [2.05, 4.69) is 19.2 Å². The number of nitrogens with one attached hydrogen (secondary N) is 1. The van der Waals surface area contributed by atoms with Crippen molar-refractivity contribution < 1.29 is 14.4 Å². The average molecular weight is 420 g/mol. The molecule has 0 fully saturated rings. The number of hydrogen-bond acceptors (Lipinski definition) is 3. The zero-order valence-electron chi connectivity index (χ0n) is 18.9. The van der Waals surface area contributed by atoms with E-state index in [4.69, 9.17) is 0 Å². The Bertz CT molecular complexity index is 337. The van der Waals surface area contributed by atoms with Gasteiger partial charge >= 0.3 is 0 Å². The fourth-order valence-electron chi connectivity index (χ4n) is 1.99. The lowest BCUT2D eigenvalue weighted by Crippen LogP contribution is -2.29. The summed E-state index contributed by atoms with van der Waals surface area (Å²) in [6.45, 7) is 18.0. The molecule has 1 N–H and O–H groups in total. The second-order valence-electron chi connectivity index (χ2n) is 7.73. The predicted octanol–water partition coefficient (Wildman–Crippen LogP) is 7.63. The fraction of sp³-hybridized carbons (Fsp3) is 0.880. The van der Waals surface area contributed by atoms with Gasteiger partial charge in [-0.05, 0) is 39.0 Å². The van der Waals surface area contributed by atoms with E-state index in [1.54, 1.807) is 0 Å². The minimum absolute atomic E-state index is 0.